The first-order valence-corrected chi connectivity index (χ1v) is 18.6. The Bertz CT molecular complexity index is 995. The maximum Gasteiger partial charge on any atom is 0.303 e. The molecule has 0 aromatic carbocycles. The summed E-state index contributed by atoms with van der Waals surface area (Å²) in [6.07, 6.45) is 6.22. The topological polar surface area (TPSA) is 197 Å². The van der Waals surface area contributed by atoms with Crippen molar-refractivity contribution in [3.05, 3.63) is 0 Å². The summed E-state index contributed by atoms with van der Waals surface area (Å²) in [5.74, 6) is -1.42. The molecule has 0 amide bonds. The van der Waals surface area contributed by atoms with Crippen LogP contribution in [-0.4, -0.2) is 92.6 Å². The number of carbonyl (C=O) groups is 4. The van der Waals surface area contributed by atoms with Gasteiger partial charge in [0.2, 0.25) is 0 Å². The number of carboxylic acid groups (broad SMARTS) is 4. The quantitative estimate of drug-likeness (QED) is 0.150. The van der Waals surface area contributed by atoms with Gasteiger partial charge in [-0.25, -0.2) is 0 Å². The van der Waals surface area contributed by atoms with Gasteiger partial charge in [0, 0.05) is 74.0 Å². The molecule has 5 heterocycles. The van der Waals surface area contributed by atoms with Gasteiger partial charge in [-0.2, -0.15) is 0 Å². The largest absolute Gasteiger partial charge is 0.481 e. The minimum absolute atomic E-state index is 0.120. The standard InChI is InChI=1S/C36H60N4O8/c1-17-21(5-9-33(41)42)29-14-26-19(3)23(7-11-35(45)46)31(39-26)16-28-20(4)24(8-12-36(47)48)32(40-28)15-27-18(2)22(6-10-34(43)44)30(38-27)13-25(17)37-29/h17-32,37-40H,5-16H2,1-4H3,(H,41,42)(H,43,44)(H,45,46)(H,47,48). The van der Waals surface area contributed by atoms with E-state index in [1.807, 2.05) is 0 Å². The smallest absolute Gasteiger partial charge is 0.303 e. The van der Waals surface area contributed by atoms with Crippen LogP contribution in [0.15, 0.2) is 0 Å². The number of nitrogens with one attached hydrogen (secondary N) is 4. The van der Waals surface area contributed by atoms with Crippen LogP contribution in [0.2, 0.25) is 0 Å². The van der Waals surface area contributed by atoms with E-state index in [1.165, 1.54) is 0 Å². The lowest BCUT2D eigenvalue weighted by Gasteiger charge is -2.27. The van der Waals surface area contributed by atoms with Crippen molar-refractivity contribution in [2.45, 2.75) is 153 Å². The Kier molecular flexibility index (Phi) is 12.1. The van der Waals surface area contributed by atoms with Crippen LogP contribution in [0.3, 0.4) is 0 Å². The molecule has 5 rings (SSSR count). The maximum absolute atomic E-state index is 11.7. The van der Waals surface area contributed by atoms with E-state index in [2.05, 4.69) is 49.0 Å². The normalized spacial score (nSPS) is 44.1. The van der Waals surface area contributed by atoms with Crippen LogP contribution >= 0.6 is 0 Å². The minimum Gasteiger partial charge on any atom is -0.481 e. The highest BCUT2D eigenvalue weighted by molar-refractivity contribution is 5.67. The lowest BCUT2D eigenvalue weighted by Crippen LogP contribution is -2.45. The fourth-order valence-electron chi connectivity index (χ4n) is 11.1. The van der Waals surface area contributed by atoms with Crippen molar-refractivity contribution in [3.8, 4) is 0 Å². The van der Waals surface area contributed by atoms with E-state index in [1.54, 1.807) is 0 Å². The monoisotopic (exact) mass is 676 g/mol. The number of hydrogen-bond donors (Lipinski definition) is 8. The number of carboxylic acids is 4. The first-order valence-electron chi connectivity index (χ1n) is 18.6. The Labute approximate surface area is 285 Å². The number of hydrogen-bond acceptors (Lipinski definition) is 8. The van der Waals surface area contributed by atoms with Gasteiger partial charge >= 0.3 is 23.9 Å². The highest BCUT2D eigenvalue weighted by atomic mass is 16.4. The molecule has 5 fully saturated rings. The van der Waals surface area contributed by atoms with Crippen LogP contribution in [0.4, 0.5) is 0 Å². The van der Waals surface area contributed by atoms with Crippen LogP contribution in [0.1, 0.15) is 105 Å². The van der Waals surface area contributed by atoms with Gasteiger partial charge < -0.3 is 41.7 Å². The van der Waals surface area contributed by atoms with Gasteiger partial charge in [-0.1, -0.05) is 27.7 Å². The van der Waals surface area contributed by atoms with Crippen molar-refractivity contribution >= 4 is 23.9 Å². The van der Waals surface area contributed by atoms with Gasteiger partial charge in [0.05, 0.1) is 0 Å². The van der Waals surface area contributed by atoms with Crippen LogP contribution in [0.25, 0.3) is 0 Å². The summed E-state index contributed by atoms with van der Waals surface area (Å²) in [4.78, 5) is 46.8. The minimum atomic E-state index is -0.787. The summed E-state index contributed by atoms with van der Waals surface area (Å²) in [7, 11) is 0. The molecular weight excluding hydrogens is 616 g/mol. The molecule has 48 heavy (non-hydrogen) atoms. The van der Waals surface area contributed by atoms with Gasteiger partial charge in [0.15, 0.2) is 0 Å². The van der Waals surface area contributed by atoms with Crippen LogP contribution < -0.4 is 21.3 Å². The van der Waals surface area contributed by atoms with Gasteiger partial charge in [0.1, 0.15) is 0 Å². The van der Waals surface area contributed by atoms with E-state index in [4.69, 9.17) is 0 Å². The Hall–Kier alpha value is -2.28. The predicted octanol–water partition coefficient (Wildman–Crippen LogP) is 3.39. The predicted molar refractivity (Wildman–Crippen MR) is 179 cm³/mol. The van der Waals surface area contributed by atoms with E-state index >= 15 is 0 Å². The van der Waals surface area contributed by atoms with Crippen molar-refractivity contribution in [1.82, 2.24) is 21.3 Å². The Morgan fingerprint density at radius 1 is 0.396 bits per heavy atom. The SMILES string of the molecule is CC1C2CC3NC(CC4NC(CC5NC(CC(N2)C1CCC(=O)O)C(C)C5CCC(=O)O)C(C)C4CCC(=O)O)C(C)C3CCC(=O)O. The highest BCUT2D eigenvalue weighted by Gasteiger charge is 2.51. The second-order valence-electron chi connectivity index (χ2n) is 16.3. The van der Waals surface area contributed by atoms with Gasteiger partial charge in [-0.3, -0.25) is 19.2 Å². The summed E-state index contributed by atoms with van der Waals surface area (Å²) >= 11 is 0. The molecule has 12 heteroatoms. The average Bonchev–Trinajstić information content (AvgIpc) is 3.66. The third kappa shape index (κ3) is 8.36. The lowest BCUT2D eigenvalue weighted by molar-refractivity contribution is -0.138. The van der Waals surface area contributed by atoms with Crippen LogP contribution in [0, 0.1) is 47.3 Å². The molecule has 272 valence electrons. The third-order valence-electron chi connectivity index (χ3n) is 13.8. The summed E-state index contributed by atoms with van der Waals surface area (Å²) in [6.45, 7) is 8.95. The molecule has 0 spiro atoms. The number of rotatable bonds is 12. The lowest BCUT2D eigenvalue weighted by atomic mass is 9.76. The Balaban J connectivity index is 1.48. The molecule has 8 N–H and O–H groups in total. The highest BCUT2D eigenvalue weighted by Crippen LogP contribution is 2.45. The van der Waals surface area contributed by atoms with E-state index in [9.17, 15) is 39.6 Å². The second kappa shape index (κ2) is 15.7. The van der Waals surface area contributed by atoms with E-state index in [0.717, 1.165) is 25.7 Å². The van der Waals surface area contributed by atoms with Crippen molar-refractivity contribution in [2.24, 2.45) is 47.3 Å². The van der Waals surface area contributed by atoms with Crippen molar-refractivity contribution in [2.75, 3.05) is 0 Å². The van der Waals surface area contributed by atoms with E-state index in [-0.39, 0.29) is 121 Å². The van der Waals surface area contributed by atoms with Gasteiger partial charge in [0.25, 0.3) is 0 Å². The molecule has 12 nitrogen and oxygen atoms in total. The first kappa shape index (κ1) is 37.0. The molecule has 16 unspecified atom stereocenters. The third-order valence-corrected chi connectivity index (χ3v) is 13.8. The number of fused-ring (bicyclic) bond motifs is 8. The van der Waals surface area contributed by atoms with Gasteiger partial charge in [-0.15, -0.1) is 0 Å². The fraction of sp³-hybridized carbons (Fsp3) is 0.889. The molecule has 0 saturated carbocycles. The molecule has 5 aliphatic rings. The Morgan fingerprint density at radius 2 is 0.583 bits per heavy atom. The summed E-state index contributed by atoms with van der Waals surface area (Å²) in [6, 6.07) is 1.12. The van der Waals surface area contributed by atoms with E-state index in [0.29, 0.717) is 25.7 Å². The summed E-state index contributed by atoms with van der Waals surface area (Å²) < 4.78 is 0. The van der Waals surface area contributed by atoms with Crippen LogP contribution in [-0.2, 0) is 19.2 Å². The maximum atomic E-state index is 11.7. The average molecular weight is 677 g/mol. The molecule has 8 bridgehead atoms. The zero-order valence-corrected chi connectivity index (χ0v) is 29.1. The molecule has 0 aromatic rings. The zero-order valence-electron chi connectivity index (χ0n) is 29.1. The summed E-state index contributed by atoms with van der Waals surface area (Å²) in [5, 5.41) is 54.3. The van der Waals surface area contributed by atoms with Crippen molar-refractivity contribution < 1.29 is 39.6 Å². The van der Waals surface area contributed by atoms with Gasteiger partial charge in [-0.05, 0) is 98.7 Å². The molecule has 16 atom stereocenters. The van der Waals surface area contributed by atoms with Crippen molar-refractivity contribution in [1.29, 1.82) is 0 Å². The van der Waals surface area contributed by atoms with Crippen molar-refractivity contribution in [3.63, 3.8) is 0 Å². The molecule has 5 aliphatic heterocycles. The molecule has 5 saturated heterocycles. The number of aliphatic carboxylic acids is 4. The first-order chi connectivity index (χ1) is 22.7. The molecule has 0 aliphatic carbocycles. The molecule has 0 radical (unpaired) electrons. The fourth-order valence-corrected chi connectivity index (χ4v) is 11.1. The molecule has 0 aromatic heterocycles. The summed E-state index contributed by atoms with van der Waals surface area (Å²) in [5.41, 5.74) is 0. The molecular formula is C36H60N4O8. The Morgan fingerprint density at radius 3 is 0.750 bits per heavy atom. The zero-order chi connectivity index (χ0) is 34.9. The van der Waals surface area contributed by atoms with E-state index < -0.39 is 23.9 Å². The second-order valence-corrected chi connectivity index (χ2v) is 16.3. The van der Waals surface area contributed by atoms with Crippen LogP contribution in [0.5, 0.6) is 0 Å².